The van der Waals surface area contributed by atoms with Gasteiger partial charge in [0.25, 0.3) is 0 Å². The average molecular weight is 360 g/mol. The lowest BCUT2D eigenvalue weighted by Gasteiger charge is -2.14. The molecule has 26 heavy (non-hydrogen) atoms. The number of ether oxygens (including phenoxy) is 2. The van der Waals surface area contributed by atoms with Crippen LogP contribution in [0.25, 0.3) is 0 Å². The normalized spacial score (nSPS) is 11.5. The number of hydrogen-bond donors (Lipinski definition) is 2. The van der Waals surface area contributed by atoms with Crippen LogP contribution in [0, 0.1) is 0 Å². The van der Waals surface area contributed by atoms with Gasteiger partial charge in [-0.1, -0.05) is 0 Å². The first kappa shape index (κ1) is 19.2. The monoisotopic (exact) mass is 360 g/mol. The molecule has 0 bridgehead atoms. The van der Waals surface area contributed by atoms with Crippen LogP contribution in [0.2, 0.25) is 0 Å². The minimum atomic E-state index is -0.631. The summed E-state index contributed by atoms with van der Waals surface area (Å²) in [4.78, 5) is 35.8. The summed E-state index contributed by atoms with van der Waals surface area (Å²) in [6.45, 7) is 1.83. The number of rotatable bonds is 7. The second kappa shape index (κ2) is 8.82. The Balaban J connectivity index is 2.11. The maximum Gasteiger partial charge on any atom is 0.339 e. The highest BCUT2D eigenvalue weighted by atomic mass is 16.5. The standard InChI is InChI=1S/C18H20N2O6/c1-11(15-5-4-8-26-15)19-10-16(21)20-14-9-12(17(22)24-2)6-7-13(14)18(23)25-3/h4-9,11,19H,10H2,1-3H3,(H,20,21)/t11-/m0/s1. The van der Waals surface area contributed by atoms with E-state index in [1.807, 2.05) is 6.92 Å². The second-order valence-electron chi connectivity index (χ2n) is 5.41. The van der Waals surface area contributed by atoms with Crippen molar-refractivity contribution >= 4 is 23.5 Å². The highest BCUT2D eigenvalue weighted by Crippen LogP contribution is 2.20. The Bertz CT molecular complexity index is 785. The van der Waals surface area contributed by atoms with E-state index >= 15 is 0 Å². The van der Waals surface area contributed by atoms with Gasteiger partial charge in [0.15, 0.2) is 0 Å². The third-order valence-corrected chi connectivity index (χ3v) is 3.66. The Kier molecular flexibility index (Phi) is 6.51. The molecule has 1 atom stereocenters. The largest absolute Gasteiger partial charge is 0.468 e. The number of carbonyl (C=O) groups excluding carboxylic acids is 3. The summed E-state index contributed by atoms with van der Waals surface area (Å²) in [6.07, 6.45) is 1.55. The van der Waals surface area contributed by atoms with Crippen LogP contribution >= 0.6 is 0 Å². The van der Waals surface area contributed by atoms with Gasteiger partial charge in [0.2, 0.25) is 5.91 Å². The summed E-state index contributed by atoms with van der Waals surface area (Å²) in [7, 11) is 2.48. The van der Waals surface area contributed by atoms with Gasteiger partial charge >= 0.3 is 11.9 Å². The van der Waals surface area contributed by atoms with Crippen LogP contribution < -0.4 is 10.6 Å². The summed E-state index contributed by atoms with van der Waals surface area (Å²) in [5, 5.41) is 5.61. The Labute approximate surface area is 150 Å². The number of amides is 1. The Morgan fingerprint density at radius 3 is 2.46 bits per heavy atom. The first-order valence-corrected chi connectivity index (χ1v) is 7.83. The third-order valence-electron chi connectivity index (χ3n) is 3.66. The zero-order valence-corrected chi connectivity index (χ0v) is 14.7. The highest BCUT2D eigenvalue weighted by molar-refractivity contribution is 6.03. The van der Waals surface area contributed by atoms with Crippen LogP contribution in [0.4, 0.5) is 5.69 Å². The molecule has 0 aliphatic heterocycles. The summed E-state index contributed by atoms with van der Waals surface area (Å²) in [6, 6.07) is 7.57. The average Bonchev–Trinajstić information content (AvgIpc) is 3.19. The molecule has 1 aromatic heterocycles. The van der Waals surface area contributed by atoms with Crippen LogP contribution in [-0.4, -0.2) is 38.6 Å². The molecule has 2 N–H and O–H groups in total. The van der Waals surface area contributed by atoms with E-state index in [1.54, 1.807) is 18.4 Å². The molecule has 0 aliphatic carbocycles. The van der Waals surface area contributed by atoms with E-state index in [2.05, 4.69) is 15.4 Å². The molecule has 8 nitrogen and oxygen atoms in total. The van der Waals surface area contributed by atoms with Crippen molar-refractivity contribution in [2.45, 2.75) is 13.0 Å². The number of hydrogen-bond acceptors (Lipinski definition) is 7. The molecule has 138 valence electrons. The second-order valence-corrected chi connectivity index (χ2v) is 5.41. The van der Waals surface area contributed by atoms with Crippen molar-refractivity contribution in [2.24, 2.45) is 0 Å². The van der Waals surface area contributed by atoms with E-state index in [9.17, 15) is 14.4 Å². The number of benzene rings is 1. The van der Waals surface area contributed by atoms with Crippen molar-refractivity contribution in [3.63, 3.8) is 0 Å². The van der Waals surface area contributed by atoms with Gasteiger partial charge in [0.05, 0.1) is 49.9 Å². The van der Waals surface area contributed by atoms with Gasteiger partial charge in [-0.15, -0.1) is 0 Å². The molecule has 2 rings (SSSR count). The molecule has 1 aromatic carbocycles. The molecular formula is C18H20N2O6. The Morgan fingerprint density at radius 1 is 1.12 bits per heavy atom. The van der Waals surface area contributed by atoms with Crippen LogP contribution in [0.1, 0.15) is 39.4 Å². The fraction of sp³-hybridized carbons (Fsp3) is 0.278. The first-order chi connectivity index (χ1) is 12.5. The summed E-state index contributed by atoms with van der Waals surface area (Å²) < 4.78 is 14.6. The van der Waals surface area contributed by atoms with Crippen LogP contribution in [0.3, 0.4) is 0 Å². The molecule has 0 saturated carbocycles. The van der Waals surface area contributed by atoms with Crippen LogP contribution in [0.15, 0.2) is 41.0 Å². The molecule has 0 aliphatic rings. The van der Waals surface area contributed by atoms with E-state index in [4.69, 9.17) is 9.15 Å². The first-order valence-electron chi connectivity index (χ1n) is 7.83. The highest BCUT2D eigenvalue weighted by Gasteiger charge is 2.18. The van der Waals surface area contributed by atoms with Crippen molar-refractivity contribution in [3.8, 4) is 0 Å². The van der Waals surface area contributed by atoms with Gasteiger partial charge in [-0.25, -0.2) is 9.59 Å². The van der Waals surface area contributed by atoms with Crippen molar-refractivity contribution < 1.29 is 28.3 Å². The zero-order chi connectivity index (χ0) is 19.1. The third kappa shape index (κ3) is 4.70. The maximum absolute atomic E-state index is 12.2. The fourth-order valence-electron chi connectivity index (χ4n) is 2.26. The lowest BCUT2D eigenvalue weighted by molar-refractivity contribution is -0.115. The summed E-state index contributed by atoms with van der Waals surface area (Å²) in [5.41, 5.74) is 0.497. The Morgan fingerprint density at radius 2 is 1.85 bits per heavy atom. The minimum absolute atomic E-state index is 0.0229. The predicted octanol–water partition coefficient (Wildman–Crippen LogP) is 2.14. The number of furan rings is 1. The topological polar surface area (TPSA) is 107 Å². The molecule has 8 heteroatoms. The van der Waals surface area contributed by atoms with E-state index in [0.29, 0.717) is 5.76 Å². The quantitative estimate of drug-likeness (QED) is 0.729. The number of methoxy groups -OCH3 is 2. The van der Waals surface area contributed by atoms with Gasteiger partial charge in [-0.3, -0.25) is 10.1 Å². The summed E-state index contributed by atoms with van der Waals surface area (Å²) >= 11 is 0. The van der Waals surface area contributed by atoms with Crippen molar-refractivity contribution in [1.82, 2.24) is 5.32 Å². The van der Waals surface area contributed by atoms with Gasteiger partial charge in [-0.2, -0.15) is 0 Å². The smallest absolute Gasteiger partial charge is 0.339 e. The van der Waals surface area contributed by atoms with Gasteiger partial charge in [-0.05, 0) is 37.3 Å². The SMILES string of the molecule is COC(=O)c1ccc(C(=O)OC)c(NC(=O)CN[C@@H](C)c2ccco2)c1. The molecule has 2 aromatic rings. The number of carbonyl (C=O) groups is 3. The fourth-order valence-corrected chi connectivity index (χ4v) is 2.26. The van der Waals surface area contributed by atoms with Crippen molar-refractivity contribution in [2.75, 3.05) is 26.1 Å². The lowest BCUT2D eigenvalue weighted by Crippen LogP contribution is -2.30. The summed E-state index contributed by atoms with van der Waals surface area (Å²) in [5.74, 6) is -0.911. The van der Waals surface area contributed by atoms with E-state index < -0.39 is 17.8 Å². The van der Waals surface area contributed by atoms with Gasteiger partial charge < -0.3 is 19.2 Å². The number of esters is 2. The molecule has 0 spiro atoms. The van der Waals surface area contributed by atoms with E-state index in [0.717, 1.165) is 0 Å². The van der Waals surface area contributed by atoms with Crippen LogP contribution in [-0.2, 0) is 14.3 Å². The molecular weight excluding hydrogens is 340 g/mol. The maximum atomic E-state index is 12.2. The predicted molar refractivity (Wildman–Crippen MR) is 92.9 cm³/mol. The Hall–Kier alpha value is -3.13. The molecule has 0 fully saturated rings. The minimum Gasteiger partial charge on any atom is -0.468 e. The van der Waals surface area contributed by atoms with Crippen molar-refractivity contribution in [1.29, 1.82) is 0 Å². The molecule has 0 saturated heterocycles. The van der Waals surface area contributed by atoms with E-state index in [-0.39, 0.29) is 29.4 Å². The molecule has 1 amide bonds. The lowest BCUT2D eigenvalue weighted by atomic mass is 10.1. The number of nitrogens with one attached hydrogen (secondary N) is 2. The number of anilines is 1. The van der Waals surface area contributed by atoms with Crippen molar-refractivity contribution in [3.05, 3.63) is 53.5 Å². The zero-order valence-electron chi connectivity index (χ0n) is 14.7. The molecule has 0 radical (unpaired) electrons. The van der Waals surface area contributed by atoms with Crippen LogP contribution in [0.5, 0.6) is 0 Å². The van der Waals surface area contributed by atoms with E-state index in [1.165, 1.54) is 32.4 Å². The molecule has 0 unspecified atom stereocenters. The van der Waals surface area contributed by atoms with Gasteiger partial charge in [0.1, 0.15) is 5.76 Å². The van der Waals surface area contributed by atoms with Gasteiger partial charge in [0, 0.05) is 0 Å². The molecule has 1 heterocycles.